The maximum atomic E-state index is 11.5. The summed E-state index contributed by atoms with van der Waals surface area (Å²) in [6.45, 7) is 4.63. The van der Waals surface area contributed by atoms with Crippen molar-refractivity contribution in [3.63, 3.8) is 0 Å². The van der Waals surface area contributed by atoms with Gasteiger partial charge in [0.05, 0.1) is 13.2 Å². The maximum absolute atomic E-state index is 11.5. The monoisotopic (exact) mass is 280 g/mol. The van der Waals surface area contributed by atoms with E-state index in [4.69, 9.17) is 4.74 Å². The number of aryl methyl sites for hydroxylation is 1. The minimum absolute atomic E-state index is 0.274. The van der Waals surface area contributed by atoms with Crippen molar-refractivity contribution in [1.82, 2.24) is 24.5 Å². The first-order valence-electron chi connectivity index (χ1n) is 6.49. The molecule has 0 aromatic carbocycles. The maximum Gasteiger partial charge on any atom is 0.349 e. The van der Waals surface area contributed by atoms with Gasteiger partial charge in [-0.15, -0.1) is 0 Å². The molecule has 0 radical (unpaired) electrons. The number of ether oxygens (including phenoxy) is 1. The van der Waals surface area contributed by atoms with Crippen molar-refractivity contribution in [2.45, 2.75) is 6.92 Å². The highest BCUT2D eigenvalue weighted by atomic mass is 16.5. The third-order valence-corrected chi connectivity index (χ3v) is 2.81. The first-order valence-corrected chi connectivity index (χ1v) is 6.49. The Morgan fingerprint density at radius 1 is 1.45 bits per heavy atom. The number of nitrogens with zero attached hydrogens (tertiary/aromatic N) is 4. The SMILES string of the molecule is Cc1nc(NCCOCCN(C)C)cc2n[nH]c(=O)n12. The second-order valence-corrected chi connectivity index (χ2v) is 4.75. The molecule has 0 aliphatic heterocycles. The standard InChI is InChI=1S/C12H20N6O2/c1-9-14-10(8-11-15-16-12(19)18(9)11)13-4-6-20-7-5-17(2)3/h8,13H,4-7H2,1-3H3,(H,16,19). The summed E-state index contributed by atoms with van der Waals surface area (Å²) in [7, 11) is 4.02. The van der Waals surface area contributed by atoms with Gasteiger partial charge >= 0.3 is 5.69 Å². The normalized spacial score (nSPS) is 11.4. The Labute approximate surface area is 116 Å². The summed E-state index contributed by atoms with van der Waals surface area (Å²) < 4.78 is 6.91. The summed E-state index contributed by atoms with van der Waals surface area (Å²) in [5, 5.41) is 9.48. The molecular weight excluding hydrogens is 260 g/mol. The highest BCUT2D eigenvalue weighted by Crippen LogP contribution is 2.07. The molecular formula is C12H20N6O2. The fourth-order valence-corrected chi connectivity index (χ4v) is 1.79. The van der Waals surface area contributed by atoms with Gasteiger partial charge in [0.1, 0.15) is 11.6 Å². The van der Waals surface area contributed by atoms with E-state index in [9.17, 15) is 4.79 Å². The van der Waals surface area contributed by atoms with Gasteiger partial charge in [0, 0.05) is 19.2 Å². The fourth-order valence-electron chi connectivity index (χ4n) is 1.79. The van der Waals surface area contributed by atoms with E-state index >= 15 is 0 Å². The lowest BCUT2D eigenvalue weighted by molar-refractivity contribution is 0.126. The lowest BCUT2D eigenvalue weighted by atomic mass is 10.5. The Morgan fingerprint density at radius 3 is 3.00 bits per heavy atom. The van der Waals surface area contributed by atoms with Crippen LogP contribution in [0.15, 0.2) is 10.9 Å². The first kappa shape index (κ1) is 14.5. The molecule has 2 aromatic rings. The molecule has 0 aliphatic rings. The van der Waals surface area contributed by atoms with Gasteiger partial charge in [0.25, 0.3) is 0 Å². The molecule has 0 unspecified atom stereocenters. The van der Waals surface area contributed by atoms with Crippen LogP contribution in [0.4, 0.5) is 5.82 Å². The molecule has 2 heterocycles. The van der Waals surface area contributed by atoms with E-state index in [1.54, 1.807) is 13.0 Å². The van der Waals surface area contributed by atoms with Crippen molar-refractivity contribution >= 4 is 11.5 Å². The van der Waals surface area contributed by atoms with E-state index in [-0.39, 0.29) is 5.69 Å². The topological polar surface area (TPSA) is 87.6 Å². The van der Waals surface area contributed by atoms with Crippen LogP contribution in [0.25, 0.3) is 5.65 Å². The van der Waals surface area contributed by atoms with Crippen LogP contribution in [0.2, 0.25) is 0 Å². The number of rotatable bonds is 7. The van der Waals surface area contributed by atoms with E-state index in [0.717, 1.165) is 6.54 Å². The third-order valence-electron chi connectivity index (χ3n) is 2.81. The van der Waals surface area contributed by atoms with Gasteiger partial charge in [-0.1, -0.05) is 0 Å². The van der Waals surface area contributed by atoms with Crippen LogP contribution in [-0.2, 0) is 4.74 Å². The quantitative estimate of drug-likeness (QED) is 0.678. The predicted molar refractivity (Wildman–Crippen MR) is 76.2 cm³/mol. The van der Waals surface area contributed by atoms with E-state index < -0.39 is 0 Å². The van der Waals surface area contributed by atoms with Gasteiger partial charge in [0.15, 0.2) is 5.65 Å². The minimum atomic E-state index is -0.274. The fraction of sp³-hybridized carbons (Fsp3) is 0.583. The molecule has 20 heavy (non-hydrogen) atoms. The van der Waals surface area contributed by atoms with Gasteiger partial charge in [-0.25, -0.2) is 19.3 Å². The second kappa shape index (κ2) is 6.49. The van der Waals surface area contributed by atoms with Gasteiger partial charge in [0.2, 0.25) is 0 Å². The molecule has 0 fully saturated rings. The van der Waals surface area contributed by atoms with Crippen molar-refractivity contribution in [2.75, 3.05) is 45.7 Å². The number of anilines is 1. The van der Waals surface area contributed by atoms with Crippen LogP contribution < -0.4 is 11.0 Å². The zero-order valence-electron chi connectivity index (χ0n) is 12.0. The van der Waals surface area contributed by atoms with E-state index in [0.29, 0.717) is 37.0 Å². The van der Waals surface area contributed by atoms with Crippen molar-refractivity contribution in [3.05, 3.63) is 22.4 Å². The van der Waals surface area contributed by atoms with Crippen LogP contribution in [0.3, 0.4) is 0 Å². The number of aromatic amines is 1. The molecule has 0 aliphatic carbocycles. The average Bonchev–Trinajstić information content (AvgIpc) is 2.75. The Bertz CT molecular complexity index is 618. The summed E-state index contributed by atoms with van der Waals surface area (Å²) in [6, 6.07) is 1.73. The van der Waals surface area contributed by atoms with E-state index in [1.807, 2.05) is 14.1 Å². The van der Waals surface area contributed by atoms with Crippen molar-refractivity contribution in [1.29, 1.82) is 0 Å². The van der Waals surface area contributed by atoms with Crippen LogP contribution in [-0.4, -0.2) is 64.9 Å². The molecule has 0 saturated heterocycles. The number of likely N-dealkylation sites (N-methyl/N-ethyl adjacent to an activating group) is 1. The molecule has 8 heteroatoms. The Kier molecular flexibility index (Phi) is 4.70. The summed E-state index contributed by atoms with van der Waals surface area (Å²) in [5.74, 6) is 1.28. The number of aromatic nitrogens is 4. The zero-order chi connectivity index (χ0) is 14.5. The molecule has 0 atom stereocenters. The molecule has 2 rings (SSSR count). The largest absolute Gasteiger partial charge is 0.378 e. The molecule has 8 nitrogen and oxygen atoms in total. The summed E-state index contributed by atoms with van der Waals surface area (Å²) in [5.41, 5.74) is 0.280. The zero-order valence-corrected chi connectivity index (χ0v) is 12.0. The first-order chi connectivity index (χ1) is 9.58. The predicted octanol–water partition coefficient (Wildman–Crippen LogP) is -0.284. The van der Waals surface area contributed by atoms with Crippen LogP contribution in [0.1, 0.15) is 5.82 Å². The van der Waals surface area contributed by atoms with Gasteiger partial charge in [-0.05, 0) is 21.0 Å². The smallest absolute Gasteiger partial charge is 0.349 e. The summed E-state index contributed by atoms with van der Waals surface area (Å²) in [4.78, 5) is 17.8. The highest BCUT2D eigenvalue weighted by Gasteiger charge is 2.06. The third kappa shape index (κ3) is 3.55. The number of fused-ring (bicyclic) bond motifs is 1. The van der Waals surface area contributed by atoms with Gasteiger partial charge < -0.3 is 15.0 Å². The summed E-state index contributed by atoms with van der Waals surface area (Å²) >= 11 is 0. The average molecular weight is 280 g/mol. The van der Waals surface area contributed by atoms with Crippen molar-refractivity contribution < 1.29 is 4.74 Å². The Balaban J connectivity index is 1.86. The molecule has 2 aromatic heterocycles. The van der Waals surface area contributed by atoms with Crippen molar-refractivity contribution in [3.8, 4) is 0 Å². The lowest BCUT2D eigenvalue weighted by Gasteiger charge is -2.10. The number of nitrogens with one attached hydrogen (secondary N) is 2. The molecule has 110 valence electrons. The number of hydrogen-bond acceptors (Lipinski definition) is 6. The number of hydrogen-bond donors (Lipinski definition) is 2. The van der Waals surface area contributed by atoms with Gasteiger partial charge in [-0.3, -0.25) is 0 Å². The Hall–Kier alpha value is -1.93. The van der Waals surface area contributed by atoms with Gasteiger partial charge in [-0.2, -0.15) is 5.10 Å². The van der Waals surface area contributed by atoms with Crippen LogP contribution >= 0.6 is 0 Å². The van der Waals surface area contributed by atoms with Crippen LogP contribution in [0, 0.1) is 6.92 Å². The van der Waals surface area contributed by atoms with Crippen LogP contribution in [0.5, 0.6) is 0 Å². The van der Waals surface area contributed by atoms with Crippen molar-refractivity contribution in [2.24, 2.45) is 0 Å². The lowest BCUT2D eigenvalue weighted by Crippen LogP contribution is -2.20. The summed E-state index contributed by atoms with van der Waals surface area (Å²) in [6.07, 6.45) is 0. The Morgan fingerprint density at radius 2 is 2.25 bits per heavy atom. The highest BCUT2D eigenvalue weighted by molar-refractivity contribution is 5.49. The molecule has 0 bridgehead atoms. The number of H-pyrrole nitrogens is 1. The molecule has 2 N–H and O–H groups in total. The molecule has 0 spiro atoms. The molecule has 0 saturated carbocycles. The second-order valence-electron chi connectivity index (χ2n) is 4.75. The van der Waals surface area contributed by atoms with E-state index in [2.05, 4.69) is 25.4 Å². The van der Waals surface area contributed by atoms with E-state index in [1.165, 1.54) is 4.40 Å². The minimum Gasteiger partial charge on any atom is -0.378 e. The molecule has 0 amide bonds.